The molecule has 1 fully saturated rings. The molecule has 9 heteroatoms. The Morgan fingerprint density at radius 1 is 1.30 bits per heavy atom. The highest BCUT2D eigenvalue weighted by Crippen LogP contribution is 2.23. The predicted octanol–water partition coefficient (Wildman–Crippen LogP) is 1.44. The van der Waals surface area contributed by atoms with Crippen LogP contribution in [0.5, 0.6) is 5.75 Å². The summed E-state index contributed by atoms with van der Waals surface area (Å²) in [6.45, 7) is 0.318. The molecule has 1 aliphatic rings. The smallest absolute Gasteiger partial charge is 0.480 e. The average molecular weight is 333 g/mol. The second-order valence-corrected chi connectivity index (χ2v) is 4.88. The van der Waals surface area contributed by atoms with Gasteiger partial charge >= 0.3 is 12.3 Å². The fourth-order valence-electron chi connectivity index (χ4n) is 2.19. The third-order valence-corrected chi connectivity index (χ3v) is 3.25. The summed E-state index contributed by atoms with van der Waals surface area (Å²) in [5.74, 6) is -1.97. The maximum atomic E-state index is 12.2. The Labute approximate surface area is 129 Å². The van der Waals surface area contributed by atoms with Gasteiger partial charge in [0.2, 0.25) is 5.91 Å². The van der Waals surface area contributed by atoms with Crippen LogP contribution in [0.1, 0.15) is 5.56 Å². The molecule has 1 saturated heterocycles. The van der Waals surface area contributed by atoms with Gasteiger partial charge in [0.15, 0.2) is 6.04 Å². The zero-order valence-corrected chi connectivity index (χ0v) is 11.9. The standard InChI is InChI=1S/C14H14F3NO5/c15-14(16,17)23-10-3-1-9(2-4-10)7-12(19)18-5-6-22-8-11(18)13(20)21/h1-4,11H,5-8H2,(H,20,21)/t11-/m1/s1. The van der Waals surface area contributed by atoms with Crippen LogP contribution in [0.3, 0.4) is 0 Å². The lowest BCUT2D eigenvalue weighted by Gasteiger charge is -2.32. The number of halogens is 3. The van der Waals surface area contributed by atoms with Crippen molar-refractivity contribution < 1.29 is 37.3 Å². The van der Waals surface area contributed by atoms with E-state index in [1.807, 2.05) is 0 Å². The van der Waals surface area contributed by atoms with Crippen LogP contribution in [0.15, 0.2) is 24.3 Å². The summed E-state index contributed by atoms with van der Waals surface area (Å²) in [6, 6.07) is 3.81. The van der Waals surface area contributed by atoms with Gasteiger partial charge in [-0.25, -0.2) is 4.79 Å². The molecule has 0 aliphatic carbocycles. The number of carboxylic acid groups (broad SMARTS) is 1. The van der Waals surface area contributed by atoms with Crippen LogP contribution < -0.4 is 4.74 Å². The molecule has 0 spiro atoms. The number of rotatable bonds is 4. The zero-order valence-electron chi connectivity index (χ0n) is 11.9. The molecule has 0 aromatic heterocycles. The lowest BCUT2D eigenvalue weighted by molar-refractivity contribution is -0.274. The number of alkyl halides is 3. The number of nitrogens with zero attached hydrogens (tertiary/aromatic N) is 1. The molecule has 1 aliphatic heterocycles. The van der Waals surface area contributed by atoms with Crippen molar-refractivity contribution in [1.82, 2.24) is 4.90 Å². The number of carbonyl (C=O) groups excluding carboxylic acids is 1. The minimum Gasteiger partial charge on any atom is -0.480 e. The molecule has 0 bridgehead atoms. The van der Waals surface area contributed by atoms with Gasteiger partial charge < -0.3 is 19.5 Å². The first-order valence-electron chi connectivity index (χ1n) is 6.71. The van der Waals surface area contributed by atoms with E-state index in [-0.39, 0.29) is 31.9 Å². The highest BCUT2D eigenvalue weighted by Gasteiger charge is 2.33. The molecule has 1 aromatic rings. The number of amides is 1. The summed E-state index contributed by atoms with van der Waals surface area (Å²) in [7, 11) is 0. The number of morpholine rings is 1. The molecule has 1 heterocycles. The topological polar surface area (TPSA) is 76.1 Å². The highest BCUT2D eigenvalue weighted by atomic mass is 19.4. The first kappa shape index (κ1) is 17.1. The van der Waals surface area contributed by atoms with Crippen molar-refractivity contribution in [3.8, 4) is 5.75 Å². The SMILES string of the molecule is O=C(O)[C@H]1COCCN1C(=O)Cc1ccc(OC(F)(F)F)cc1. The normalized spacial score (nSPS) is 18.6. The molecular formula is C14H14F3NO5. The summed E-state index contributed by atoms with van der Waals surface area (Å²) >= 11 is 0. The van der Waals surface area contributed by atoms with E-state index < -0.39 is 24.3 Å². The number of carbonyl (C=O) groups is 2. The Bertz CT molecular complexity index is 573. The second-order valence-electron chi connectivity index (χ2n) is 4.88. The van der Waals surface area contributed by atoms with Crippen LogP contribution >= 0.6 is 0 Å². The quantitative estimate of drug-likeness (QED) is 0.902. The van der Waals surface area contributed by atoms with Gasteiger partial charge in [-0.15, -0.1) is 13.2 Å². The van der Waals surface area contributed by atoms with E-state index in [1.54, 1.807) is 0 Å². The number of ether oxygens (including phenoxy) is 2. The fourth-order valence-corrected chi connectivity index (χ4v) is 2.19. The van der Waals surface area contributed by atoms with Crippen molar-refractivity contribution in [3.05, 3.63) is 29.8 Å². The van der Waals surface area contributed by atoms with Crippen molar-refractivity contribution in [2.24, 2.45) is 0 Å². The lowest BCUT2D eigenvalue weighted by atomic mass is 10.1. The molecule has 0 saturated carbocycles. The molecule has 6 nitrogen and oxygen atoms in total. The molecule has 1 N–H and O–H groups in total. The van der Waals surface area contributed by atoms with Crippen LogP contribution in [0.2, 0.25) is 0 Å². The first-order chi connectivity index (χ1) is 10.8. The summed E-state index contributed by atoms with van der Waals surface area (Å²) < 4.78 is 45.0. The summed E-state index contributed by atoms with van der Waals surface area (Å²) in [5.41, 5.74) is 0.458. The van der Waals surface area contributed by atoms with Crippen LogP contribution in [0.4, 0.5) is 13.2 Å². The number of benzene rings is 1. The van der Waals surface area contributed by atoms with Gasteiger partial charge in [0.25, 0.3) is 0 Å². The molecule has 2 rings (SSSR count). The molecular weight excluding hydrogens is 319 g/mol. The molecule has 1 amide bonds. The number of carboxylic acids is 1. The van der Waals surface area contributed by atoms with Gasteiger partial charge in [-0.05, 0) is 17.7 Å². The minimum absolute atomic E-state index is 0.0839. The molecule has 23 heavy (non-hydrogen) atoms. The lowest BCUT2D eigenvalue weighted by Crippen LogP contribution is -2.53. The highest BCUT2D eigenvalue weighted by molar-refractivity contribution is 5.85. The van der Waals surface area contributed by atoms with E-state index in [2.05, 4.69) is 4.74 Å². The van der Waals surface area contributed by atoms with Gasteiger partial charge in [0, 0.05) is 6.54 Å². The van der Waals surface area contributed by atoms with Crippen LogP contribution in [-0.2, 0) is 20.7 Å². The van der Waals surface area contributed by atoms with Crippen molar-refractivity contribution in [2.75, 3.05) is 19.8 Å². The van der Waals surface area contributed by atoms with Gasteiger partial charge in [-0.3, -0.25) is 4.79 Å². The van der Waals surface area contributed by atoms with Gasteiger partial charge in [-0.2, -0.15) is 0 Å². The Morgan fingerprint density at radius 2 is 1.96 bits per heavy atom. The molecule has 1 aromatic carbocycles. The maximum absolute atomic E-state index is 12.2. The van der Waals surface area contributed by atoms with E-state index in [1.165, 1.54) is 17.0 Å². The van der Waals surface area contributed by atoms with E-state index in [0.29, 0.717) is 5.56 Å². The first-order valence-corrected chi connectivity index (χ1v) is 6.71. The van der Waals surface area contributed by atoms with Crippen LogP contribution in [-0.4, -0.2) is 54.0 Å². The van der Waals surface area contributed by atoms with E-state index in [4.69, 9.17) is 9.84 Å². The number of aliphatic carboxylic acids is 1. The third kappa shape index (κ3) is 4.85. The Kier molecular flexibility index (Phi) is 5.09. The molecule has 126 valence electrons. The second kappa shape index (κ2) is 6.86. The average Bonchev–Trinajstić information content (AvgIpc) is 2.47. The largest absolute Gasteiger partial charge is 0.573 e. The van der Waals surface area contributed by atoms with Crippen LogP contribution in [0.25, 0.3) is 0 Å². The fraction of sp³-hybridized carbons (Fsp3) is 0.429. The van der Waals surface area contributed by atoms with Crippen LogP contribution in [0, 0.1) is 0 Å². The van der Waals surface area contributed by atoms with Crippen molar-refractivity contribution >= 4 is 11.9 Å². The number of hydrogen-bond donors (Lipinski definition) is 1. The summed E-state index contributed by atoms with van der Waals surface area (Å²) in [4.78, 5) is 24.5. The number of hydrogen-bond acceptors (Lipinski definition) is 4. The third-order valence-electron chi connectivity index (χ3n) is 3.25. The predicted molar refractivity (Wildman–Crippen MR) is 70.8 cm³/mol. The Balaban J connectivity index is 2.00. The van der Waals surface area contributed by atoms with E-state index >= 15 is 0 Å². The van der Waals surface area contributed by atoms with Crippen molar-refractivity contribution in [3.63, 3.8) is 0 Å². The molecule has 1 atom stereocenters. The van der Waals surface area contributed by atoms with Gasteiger partial charge in [0.1, 0.15) is 5.75 Å². The Morgan fingerprint density at radius 3 is 2.52 bits per heavy atom. The van der Waals surface area contributed by atoms with Crippen molar-refractivity contribution in [1.29, 1.82) is 0 Å². The summed E-state index contributed by atoms with van der Waals surface area (Å²) in [5, 5.41) is 9.07. The van der Waals surface area contributed by atoms with Gasteiger partial charge in [0.05, 0.1) is 19.6 Å². The maximum Gasteiger partial charge on any atom is 0.573 e. The van der Waals surface area contributed by atoms with E-state index in [9.17, 15) is 22.8 Å². The van der Waals surface area contributed by atoms with Crippen molar-refractivity contribution in [2.45, 2.75) is 18.8 Å². The minimum atomic E-state index is -4.78. The Hall–Kier alpha value is -2.29. The molecule has 0 radical (unpaired) electrons. The van der Waals surface area contributed by atoms with Gasteiger partial charge in [-0.1, -0.05) is 12.1 Å². The summed E-state index contributed by atoms with van der Waals surface area (Å²) in [6.07, 6.45) is -4.89. The monoisotopic (exact) mass is 333 g/mol. The zero-order chi connectivity index (χ0) is 17.0. The molecule has 0 unspecified atom stereocenters. The van der Waals surface area contributed by atoms with E-state index in [0.717, 1.165) is 12.1 Å².